The zero-order valence-electron chi connectivity index (χ0n) is 12.2. The number of hydrogen-bond donors (Lipinski definition) is 1. The second-order valence-electron chi connectivity index (χ2n) is 6.14. The van der Waals surface area contributed by atoms with E-state index in [4.69, 9.17) is 0 Å². The summed E-state index contributed by atoms with van der Waals surface area (Å²) in [4.78, 5) is 4.50. The Kier molecular flexibility index (Phi) is 3.75. The summed E-state index contributed by atoms with van der Waals surface area (Å²) in [6.45, 7) is 2.25. The van der Waals surface area contributed by atoms with Crippen molar-refractivity contribution < 1.29 is 5.11 Å². The largest absolute Gasteiger partial charge is 0.385 e. The highest BCUT2D eigenvalue weighted by Gasteiger charge is 2.35. The van der Waals surface area contributed by atoms with Crippen LogP contribution in [0.1, 0.15) is 51.0 Å². The van der Waals surface area contributed by atoms with Gasteiger partial charge in [-0.05, 0) is 37.7 Å². The minimum Gasteiger partial charge on any atom is -0.385 e. The van der Waals surface area contributed by atoms with Crippen LogP contribution in [0.5, 0.6) is 0 Å². The molecule has 0 spiro atoms. The molecule has 0 aliphatic heterocycles. The minimum atomic E-state index is -0.682. The van der Waals surface area contributed by atoms with Gasteiger partial charge in [-0.25, -0.2) is 0 Å². The molecule has 1 aromatic heterocycles. The molecule has 106 valence electrons. The van der Waals surface area contributed by atoms with Gasteiger partial charge < -0.3 is 5.11 Å². The molecule has 0 saturated heterocycles. The Hall–Kier alpha value is -1.41. The van der Waals surface area contributed by atoms with Gasteiger partial charge in [0.15, 0.2) is 0 Å². The van der Waals surface area contributed by atoms with E-state index in [1.165, 1.54) is 12.8 Å². The molecule has 1 aliphatic rings. The van der Waals surface area contributed by atoms with Gasteiger partial charge in [-0.1, -0.05) is 44.0 Å². The molecule has 0 radical (unpaired) electrons. The topological polar surface area (TPSA) is 33.1 Å². The van der Waals surface area contributed by atoms with Crippen molar-refractivity contribution in [2.24, 2.45) is 5.92 Å². The Bertz CT molecular complexity index is 579. The SMILES string of the molecule is CCCC1CCC(O)(c2cccc3cccnc23)CC1. The number of fused-ring (bicyclic) bond motifs is 1. The molecule has 0 bridgehead atoms. The van der Waals surface area contributed by atoms with Crippen LogP contribution in [-0.4, -0.2) is 10.1 Å². The number of aromatic nitrogens is 1. The average molecular weight is 269 g/mol. The molecular weight excluding hydrogens is 246 g/mol. The summed E-state index contributed by atoms with van der Waals surface area (Å²) in [5.74, 6) is 0.795. The van der Waals surface area contributed by atoms with Crippen molar-refractivity contribution in [1.82, 2.24) is 4.98 Å². The maximum atomic E-state index is 11.1. The number of rotatable bonds is 3. The summed E-state index contributed by atoms with van der Waals surface area (Å²) < 4.78 is 0. The van der Waals surface area contributed by atoms with Crippen LogP contribution in [0.4, 0.5) is 0 Å². The maximum Gasteiger partial charge on any atom is 0.0917 e. The summed E-state index contributed by atoms with van der Waals surface area (Å²) in [6.07, 6.45) is 8.36. The molecule has 1 aromatic carbocycles. The van der Waals surface area contributed by atoms with Crippen LogP contribution in [0, 0.1) is 5.92 Å². The third-order valence-corrected chi connectivity index (χ3v) is 4.76. The predicted molar refractivity (Wildman–Crippen MR) is 82.5 cm³/mol. The third kappa shape index (κ3) is 2.45. The van der Waals surface area contributed by atoms with Crippen molar-refractivity contribution in [2.45, 2.75) is 51.0 Å². The first-order valence-electron chi connectivity index (χ1n) is 7.79. The lowest BCUT2D eigenvalue weighted by atomic mass is 9.73. The van der Waals surface area contributed by atoms with E-state index < -0.39 is 5.60 Å². The summed E-state index contributed by atoms with van der Waals surface area (Å²) in [5, 5.41) is 12.2. The number of hydrogen-bond acceptors (Lipinski definition) is 2. The third-order valence-electron chi connectivity index (χ3n) is 4.76. The molecule has 2 nitrogen and oxygen atoms in total. The second kappa shape index (κ2) is 5.53. The molecule has 3 rings (SSSR count). The van der Waals surface area contributed by atoms with Crippen LogP contribution in [0.3, 0.4) is 0 Å². The second-order valence-corrected chi connectivity index (χ2v) is 6.14. The standard InChI is InChI=1S/C18H23NO/c1-2-5-14-9-11-18(20,12-10-14)16-8-3-6-15-7-4-13-19-17(15)16/h3-4,6-8,13-14,20H,2,5,9-12H2,1H3. The average Bonchev–Trinajstić information content (AvgIpc) is 2.49. The Balaban J connectivity index is 1.91. The van der Waals surface area contributed by atoms with Gasteiger partial charge in [0.1, 0.15) is 0 Å². The summed E-state index contributed by atoms with van der Waals surface area (Å²) in [6, 6.07) is 10.2. The molecule has 1 aliphatic carbocycles. The minimum absolute atomic E-state index is 0.682. The van der Waals surface area contributed by atoms with Crippen molar-refractivity contribution in [3.05, 3.63) is 42.1 Å². The lowest BCUT2D eigenvalue weighted by molar-refractivity contribution is -0.0140. The fourth-order valence-corrected chi connectivity index (χ4v) is 3.60. The normalized spacial score (nSPS) is 26.8. The number of aliphatic hydroxyl groups is 1. The van der Waals surface area contributed by atoms with E-state index in [9.17, 15) is 5.11 Å². The Labute approximate surface area is 120 Å². The number of para-hydroxylation sites is 1. The van der Waals surface area contributed by atoms with Crippen molar-refractivity contribution in [1.29, 1.82) is 0 Å². The highest BCUT2D eigenvalue weighted by Crippen LogP contribution is 2.42. The van der Waals surface area contributed by atoms with E-state index in [2.05, 4.69) is 30.1 Å². The Morgan fingerprint density at radius 1 is 1.20 bits per heavy atom. The van der Waals surface area contributed by atoms with E-state index in [1.807, 2.05) is 18.3 Å². The van der Waals surface area contributed by atoms with Crippen molar-refractivity contribution in [3.63, 3.8) is 0 Å². The first kappa shape index (κ1) is 13.6. The zero-order valence-corrected chi connectivity index (χ0v) is 12.2. The van der Waals surface area contributed by atoms with E-state index in [0.29, 0.717) is 0 Å². The smallest absolute Gasteiger partial charge is 0.0917 e. The van der Waals surface area contributed by atoms with Crippen molar-refractivity contribution in [2.75, 3.05) is 0 Å². The maximum absolute atomic E-state index is 11.1. The Morgan fingerprint density at radius 2 is 1.95 bits per heavy atom. The molecule has 1 heterocycles. The molecular formula is C18H23NO. The molecule has 20 heavy (non-hydrogen) atoms. The van der Waals surface area contributed by atoms with Crippen LogP contribution in [0.2, 0.25) is 0 Å². The number of pyridine rings is 1. The van der Waals surface area contributed by atoms with Crippen LogP contribution in [0.15, 0.2) is 36.5 Å². The molecule has 2 aromatic rings. The summed E-state index contributed by atoms with van der Waals surface area (Å²) in [5.41, 5.74) is 1.30. The molecule has 0 unspecified atom stereocenters. The van der Waals surface area contributed by atoms with Crippen LogP contribution < -0.4 is 0 Å². The molecule has 0 amide bonds. The van der Waals surface area contributed by atoms with E-state index in [0.717, 1.165) is 48.1 Å². The van der Waals surface area contributed by atoms with Gasteiger partial charge in [0.2, 0.25) is 0 Å². The van der Waals surface area contributed by atoms with Gasteiger partial charge in [-0.15, -0.1) is 0 Å². The lowest BCUT2D eigenvalue weighted by Crippen LogP contribution is -2.31. The number of nitrogens with zero attached hydrogens (tertiary/aromatic N) is 1. The van der Waals surface area contributed by atoms with E-state index >= 15 is 0 Å². The molecule has 2 heteroatoms. The quantitative estimate of drug-likeness (QED) is 0.895. The summed E-state index contributed by atoms with van der Waals surface area (Å²) in [7, 11) is 0. The van der Waals surface area contributed by atoms with Crippen molar-refractivity contribution >= 4 is 10.9 Å². The fraction of sp³-hybridized carbons (Fsp3) is 0.500. The van der Waals surface area contributed by atoms with Gasteiger partial charge in [0, 0.05) is 17.1 Å². The van der Waals surface area contributed by atoms with Gasteiger partial charge >= 0.3 is 0 Å². The first-order chi connectivity index (χ1) is 9.73. The number of benzene rings is 1. The van der Waals surface area contributed by atoms with Crippen LogP contribution >= 0.6 is 0 Å². The van der Waals surface area contributed by atoms with Crippen molar-refractivity contribution in [3.8, 4) is 0 Å². The Morgan fingerprint density at radius 3 is 2.70 bits per heavy atom. The molecule has 1 saturated carbocycles. The highest BCUT2D eigenvalue weighted by atomic mass is 16.3. The molecule has 1 fully saturated rings. The fourth-order valence-electron chi connectivity index (χ4n) is 3.60. The van der Waals surface area contributed by atoms with E-state index in [1.54, 1.807) is 0 Å². The van der Waals surface area contributed by atoms with Crippen LogP contribution in [-0.2, 0) is 5.60 Å². The molecule has 1 N–H and O–H groups in total. The predicted octanol–water partition coefficient (Wildman–Crippen LogP) is 4.41. The summed E-state index contributed by atoms with van der Waals surface area (Å²) >= 11 is 0. The molecule has 0 atom stereocenters. The van der Waals surface area contributed by atoms with Gasteiger partial charge in [0.25, 0.3) is 0 Å². The van der Waals surface area contributed by atoms with Crippen LogP contribution in [0.25, 0.3) is 10.9 Å². The first-order valence-corrected chi connectivity index (χ1v) is 7.79. The zero-order chi connectivity index (χ0) is 14.0. The highest BCUT2D eigenvalue weighted by molar-refractivity contribution is 5.82. The van der Waals surface area contributed by atoms with Gasteiger partial charge in [-0.2, -0.15) is 0 Å². The van der Waals surface area contributed by atoms with Gasteiger partial charge in [-0.3, -0.25) is 4.98 Å². The van der Waals surface area contributed by atoms with E-state index in [-0.39, 0.29) is 0 Å². The monoisotopic (exact) mass is 269 g/mol. The van der Waals surface area contributed by atoms with Gasteiger partial charge in [0.05, 0.1) is 11.1 Å². The lowest BCUT2D eigenvalue weighted by Gasteiger charge is -2.36.